The lowest BCUT2D eigenvalue weighted by Gasteiger charge is -2.31. The van der Waals surface area contributed by atoms with Gasteiger partial charge in [-0.2, -0.15) is 0 Å². The van der Waals surface area contributed by atoms with Crippen molar-refractivity contribution in [2.75, 3.05) is 26.7 Å². The van der Waals surface area contributed by atoms with Gasteiger partial charge in [0, 0.05) is 39.6 Å². The van der Waals surface area contributed by atoms with Gasteiger partial charge in [-0.05, 0) is 48.3 Å². The van der Waals surface area contributed by atoms with Crippen molar-refractivity contribution in [3.05, 3.63) is 60.2 Å². The molecule has 0 N–H and O–H groups in total. The highest BCUT2D eigenvalue weighted by atomic mass is 16.5. The number of carbonyl (C=O) groups excluding carboxylic acids is 3. The Morgan fingerprint density at radius 3 is 2.29 bits per heavy atom. The molecule has 1 aliphatic carbocycles. The Labute approximate surface area is 200 Å². The minimum absolute atomic E-state index is 0.00599. The van der Waals surface area contributed by atoms with Crippen LogP contribution in [0.2, 0.25) is 0 Å². The molecule has 3 amide bonds. The van der Waals surface area contributed by atoms with Gasteiger partial charge >= 0.3 is 0 Å². The predicted molar refractivity (Wildman–Crippen MR) is 129 cm³/mol. The summed E-state index contributed by atoms with van der Waals surface area (Å²) in [6.07, 6.45) is 4.35. The standard InChI is InChI=1S/C28H32N2O4/c1-29-25(31)16-28(27(29)33,23-13-11-22(12-14-23)21-6-3-2-4-7-21)17-26(32)30(18-20-9-10-20)19-24-8-5-15-34-24/h2-4,6-7,11-14,20,24H,5,8-10,15-19H2,1H3/t24-,28+/m1/s1. The van der Waals surface area contributed by atoms with Gasteiger partial charge in [-0.1, -0.05) is 54.6 Å². The second-order valence-electron chi connectivity index (χ2n) is 10.0. The average Bonchev–Trinajstić information content (AvgIpc) is 3.48. The summed E-state index contributed by atoms with van der Waals surface area (Å²) in [4.78, 5) is 42.8. The van der Waals surface area contributed by atoms with Crippen molar-refractivity contribution in [1.29, 1.82) is 0 Å². The molecule has 3 fully saturated rings. The Balaban J connectivity index is 1.43. The van der Waals surface area contributed by atoms with Crippen molar-refractivity contribution in [2.45, 2.75) is 50.0 Å². The predicted octanol–water partition coefficient (Wildman–Crippen LogP) is 3.79. The number of hydrogen-bond donors (Lipinski definition) is 0. The molecule has 6 nitrogen and oxygen atoms in total. The maximum Gasteiger partial charge on any atom is 0.240 e. The number of nitrogens with zero attached hydrogens (tertiary/aromatic N) is 2. The zero-order valence-corrected chi connectivity index (χ0v) is 19.7. The molecule has 0 radical (unpaired) electrons. The minimum atomic E-state index is -1.16. The van der Waals surface area contributed by atoms with Crippen LogP contribution in [0.5, 0.6) is 0 Å². The van der Waals surface area contributed by atoms with Gasteiger partial charge in [0.15, 0.2) is 0 Å². The van der Waals surface area contributed by atoms with E-state index in [9.17, 15) is 14.4 Å². The third-order valence-corrected chi connectivity index (χ3v) is 7.51. The number of likely N-dealkylation sites (tertiary alicyclic amines) is 1. The quantitative estimate of drug-likeness (QED) is 0.562. The van der Waals surface area contributed by atoms with E-state index in [2.05, 4.69) is 0 Å². The molecule has 6 heteroatoms. The Morgan fingerprint density at radius 1 is 1.00 bits per heavy atom. The maximum atomic E-state index is 13.7. The Kier molecular flexibility index (Phi) is 6.26. The first-order valence-electron chi connectivity index (χ1n) is 12.3. The molecule has 34 heavy (non-hydrogen) atoms. The fraction of sp³-hybridized carbons (Fsp3) is 0.464. The van der Waals surface area contributed by atoms with Gasteiger partial charge in [-0.25, -0.2) is 0 Å². The van der Waals surface area contributed by atoms with E-state index < -0.39 is 5.41 Å². The summed E-state index contributed by atoms with van der Waals surface area (Å²) in [7, 11) is 1.52. The Bertz CT molecular complexity index is 1060. The zero-order valence-electron chi connectivity index (χ0n) is 19.7. The first kappa shape index (κ1) is 22.8. The number of likely N-dealkylation sites (N-methyl/N-ethyl adjacent to an activating group) is 1. The van der Waals surface area contributed by atoms with Gasteiger partial charge in [0.05, 0.1) is 11.5 Å². The number of ether oxygens (including phenoxy) is 1. The number of amides is 3. The van der Waals surface area contributed by atoms with Crippen molar-refractivity contribution in [2.24, 2.45) is 5.92 Å². The van der Waals surface area contributed by atoms with Gasteiger partial charge < -0.3 is 9.64 Å². The fourth-order valence-corrected chi connectivity index (χ4v) is 5.26. The first-order valence-corrected chi connectivity index (χ1v) is 12.3. The highest BCUT2D eigenvalue weighted by Crippen LogP contribution is 2.41. The minimum Gasteiger partial charge on any atom is -0.376 e. The van der Waals surface area contributed by atoms with Gasteiger partial charge in [-0.15, -0.1) is 0 Å². The molecule has 178 valence electrons. The van der Waals surface area contributed by atoms with Crippen LogP contribution in [-0.4, -0.2) is 60.4 Å². The summed E-state index contributed by atoms with van der Waals surface area (Å²) < 4.78 is 5.80. The number of rotatable bonds is 8. The van der Waals surface area contributed by atoms with Crippen LogP contribution in [0.3, 0.4) is 0 Å². The summed E-state index contributed by atoms with van der Waals surface area (Å²) >= 11 is 0. The molecular weight excluding hydrogens is 428 g/mol. The molecule has 2 heterocycles. The number of benzene rings is 2. The van der Waals surface area contributed by atoms with E-state index in [-0.39, 0.29) is 36.7 Å². The maximum absolute atomic E-state index is 13.7. The van der Waals surface area contributed by atoms with Crippen LogP contribution < -0.4 is 0 Å². The normalized spacial score (nSPS) is 24.6. The average molecular weight is 461 g/mol. The molecule has 5 rings (SSSR count). The van der Waals surface area contributed by atoms with Crippen LogP contribution in [-0.2, 0) is 24.5 Å². The molecule has 3 aliphatic rings. The fourth-order valence-electron chi connectivity index (χ4n) is 5.26. The Morgan fingerprint density at radius 2 is 1.71 bits per heavy atom. The molecule has 0 spiro atoms. The van der Waals surface area contributed by atoms with Gasteiger partial charge in [0.1, 0.15) is 0 Å². The summed E-state index contributed by atoms with van der Waals surface area (Å²) in [5.41, 5.74) is 1.69. The van der Waals surface area contributed by atoms with E-state index in [0.717, 1.165) is 49.0 Å². The van der Waals surface area contributed by atoms with Gasteiger partial charge in [-0.3, -0.25) is 19.3 Å². The third kappa shape index (κ3) is 4.51. The van der Waals surface area contributed by atoms with Crippen LogP contribution in [0.15, 0.2) is 54.6 Å². The molecule has 2 aliphatic heterocycles. The van der Waals surface area contributed by atoms with Crippen molar-refractivity contribution in [1.82, 2.24) is 9.80 Å². The molecule has 2 atom stereocenters. The van der Waals surface area contributed by atoms with Crippen LogP contribution in [0.25, 0.3) is 11.1 Å². The lowest BCUT2D eigenvalue weighted by atomic mass is 9.75. The summed E-state index contributed by atoms with van der Waals surface area (Å²) in [6, 6.07) is 17.8. The van der Waals surface area contributed by atoms with Crippen molar-refractivity contribution >= 4 is 17.7 Å². The van der Waals surface area contributed by atoms with Gasteiger partial charge in [0.25, 0.3) is 0 Å². The largest absolute Gasteiger partial charge is 0.376 e. The molecule has 2 aromatic carbocycles. The van der Waals surface area contributed by atoms with Crippen molar-refractivity contribution in [3.63, 3.8) is 0 Å². The van der Waals surface area contributed by atoms with Crippen LogP contribution in [0, 0.1) is 5.92 Å². The molecule has 0 aromatic heterocycles. The smallest absolute Gasteiger partial charge is 0.240 e. The van der Waals surface area contributed by atoms with E-state index in [4.69, 9.17) is 4.74 Å². The highest BCUT2D eigenvalue weighted by molar-refractivity contribution is 6.10. The number of carbonyl (C=O) groups is 3. The lowest BCUT2D eigenvalue weighted by Crippen LogP contribution is -2.45. The molecule has 1 saturated carbocycles. The number of hydrogen-bond acceptors (Lipinski definition) is 4. The molecule has 2 saturated heterocycles. The summed E-state index contributed by atoms with van der Waals surface area (Å²) in [6.45, 7) is 2.02. The van der Waals surface area contributed by atoms with Crippen LogP contribution in [0.4, 0.5) is 0 Å². The van der Waals surface area contributed by atoms with E-state index in [1.807, 2.05) is 59.5 Å². The van der Waals surface area contributed by atoms with E-state index >= 15 is 0 Å². The van der Waals surface area contributed by atoms with Crippen LogP contribution in [0.1, 0.15) is 44.1 Å². The SMILES string of the molecule is CN1C(=O)C[C@](CC(=O)N(CC2CC2)C[C@H]2CCCO2)(c2ccc(-c3ccccc3)cc2)C1=O. The third-order valence-electron chi connectivity index (χ3n) is 7.51. The second-order valence-corrected chi connectivity index (χ2v) is 10.0. The van der Waals surface area contributed by atoms with Crippen molar-refractivity contribution in [3.8, 4) is 11.1 Å². The van der Waals surface area contributed by atoms with E-state index in [1.54, 1.807) is 0 Å². The first-order chi connectivity index (χ1) is 16.5. The zero-order chi connectivity index (χ0) is 23.7. The van der Waals surface area contributed by atoms with Crippen molar-refractivity contribution < 1.29 is 19.1 Å². The lowest BCUT2D eigenvalue weighted by molar-refractivity contribution is -0.142. The second kappa shape index (κ2) is 9.34. The molecular formula is C28H32N2O4. The molecule has 2 aromatic rings. The summed E-state index contributed by atoms with van der Waals surface area (Å²) in [5, 5.41) is 0. The molecule has 0 unspecified atom stereocenters. The monoisotopic (exact) mass is 460 g/mol. The topological polar surface area (TPSA) is 66.9 Å². The van der Waals surface area contributed by atoms with Gasteiger partial charge in [0.2, 0.25) is 17.7 Å². The highest BCUT2D eigenvalue weighted by Gasteiger charge is 2.53. The summed E-state index contributed by atoms with van der Waals surface area (Å²) in [5.74, 6) is -0.0550. The van der Waals surface area contributed by atoms with E-state index in [0.29, 0.717) is 19.0 Å². The van der Waals surface area contributed by atoms with E-state index in [1.165, 1.54) is 11.9 Å². The Hall–Kier alpha value is -2.99. The molecule has 0 bridgehead atoms. The van der Waals surface area contributed by atoms with Crippen LogP contribution >= 0.6 is 0 Å². The number of imide groups is 1.